The number of nitrogens with zero attached hydrogens (tertiary/aromatic N) is 1. The van der Waals surface area contributed by atoms with Crippen LogP contribution in [-0.2, 0) is 9.53 Å². The van der Waals surface area contributed by atoms with E-state index < -0.39 is 5.41 Å². The molecular formula is C13H20N2O2. The first kappa shape index (κ1) is 12.4. The topological polar surface area (TPSA) is 62.1 Å². The zero-order valence-electron chi connectivity index (χ0n) is 10.6. The second-order valence-electron chi connectivity index (χ2n) is 5.63. The van der Waals surface area contributed by atoms with E-state index in [-0.39, 0.29) is 11.5 Å². The van der Waals surface area contributed by atoms with Crippen molar-refractivity contribution in [1.82, 2.24) is 5.32 Å². The number of amides is 1. The highest BCUT2D eigenvalue weighted by molar-refractivity contribution is 5.86. The fourth-order valence-corrected chi connectivity index (χ4v) is 2.89. The van der Waals surface area contributed by atoms with Gasteiger partial charge in [-0.3, -0.25) is 4.79 Å². The molecule has 2 saturated carbocycles. The maximum Gasteiger partial charge on any atom is 0.240 e. The Kier molecular flexibility index (Phi) is 3.13. The summed E-state index contributed by atoms with van der Waals surface area (Å²) in [6, 6.07) is 2.18. The molecule has 2 rings (SSSR count). The summed E-state index contributed by atoms with van der Waals surface area (Å²) in [4.78, 5) is 12.0. The number of rotatable bonds is 4. The molecule has 0 bridgehead atoms. The Morgan fingerprint density at radius 1 is 1.53 bits per heavy atom. The molecule has 0 heterocycles. The first-order valence-corrected chi connectivity index (χ1v) is 6.31. The Bertz CT molecular complexity index is 343. The minimum Gasteiger partial charge on any atom is -0.376 e. The third-order valence-electron chi connectivity index (χ3n) is 4.31. The summed E-state index contributed by atoms with van der Waals surface area (Å²) in [7, 11) is 1.69. The van der Waals surface area contributed by atoms with Crippen molar-refractivity contribution in [2.24, 2.45) is 11.3 Å². The van der Waals surface area contributed by atoms with Crippen molar-refractivity contribution in [3.05, 3.63) is 0 Å². The van der Waals surface area contributed by atoms with Crippen molar-refractivity contribution in [2.75, 3.05) is 13.7 Å². The number of hydrogen-bond donors (Lipinski definition) is 1. The van der Waals surface area contributed by atoms with Gasteiger partial charge in [0.2, 0.25) is 5.91 Å². The molecule has 0 aromatic rings. The van der Waals surface area contributed by atoms with Gasteiger partial charge in [-0.05, 0) is 38.0 Å². The second kappa shape index (κ2) is 4.30. The molecule has 0 saturated heterocycles. The van der Waals surface area contributed by atoms with E-state index in [4.69, 9.17) is 10.00 Å². The number of carbonyl (C=O) groups excluding carboxylic acids is 1. The maximum atomic E-state index is 12.0. The average molecular weight is 236 g/mol. The molecule has 0 radical (unpaired) electrons. The lowest BCUT2D eigenvalue weighted by Gasteiger charge is -2.43. The summed E-state index contributed by atoms with van der Waals surface area (Å²) in [5.74, 6) is 0.377. The van der Waals surface area contributed by atoms with Gasteiger partial charge in [-0.15, -0.1) is 0 Å². The predicted molar refractivity (Wildman–Crippen MR) is 63.0 cm³/mol. The summed E-state index contributed by atoms with van der Waals surface area (Å²) in [6.07, 6.45) is 4.54. The molecule has 1 N–H and O–H groups in total. The second-order valence-corrected chi connectivity index (χ2v) is 5.63. The van der Waals surface area contributed by atoms with Crippen LogP contribution < -0.4 is 5.32 Å². The number of nitriles is 1. The molecule has 4 heteroatoms. The molecule has 2 aliphatic rings. The van der Waals surface area contributed by atoms with Gasteiger partial charge in [0.05, 0.1) is 11.7 Å². The third-order valence-corrected chi connectivity index (χ3v) is 4.31. The predicted octanol–water partition coefficient (Wildman–Crippen LogP) is 1.61. The lowest BCUT2D eigenvalue weighted by Crippen LogP contribution is -2.54. The summed E-state index contributed by atoms with van der Waals surface area (Å²) < 4.78 is 5.45. The fraction of sp³-hybridized carbons (Fsp3) is 0.846. The Balaban J connectivity index is 1.87. The lowest BCUT2D eigenvalue weighted by atomic mass is 9.63. The van der Waals surface area contributed by atoms with E-state index in [9.17, 15) is 4.79 Å². The molecule has 0 spiro atoms. The Hall–Kier alpha value is -1.08. The van der Waals surface area contributed by atoms with Gasteiger partial charge >= 0.3 is 0 Å². The van der Waals surface area contributed by atoms with Gasteiger partial charge in [-0.2, -0.15) is 5.26 Å². The third kappa shape index (κ3) is 2.04. The van der Waals surface area contributed by atoms with Crippen LogP contribution in [0, 0.1) is 22.7 Å². The molecule has 2 fully saturated rings. The molecule has 1 amide bonds. The van der Waals surface area contributed by atoms with Crippen LogP contribution in [0.2, 0.25) is 0 Å². The van der Waals surface area contributed by atoms with Crippen LogP contribution in [0.4, 0.5) is 0 Å². The molecular weight excluding hydrogens is 216 g/mol. The van der Waals surface area contributed by atoms with Gasteiger partial charge in [0, 0.05) is 13.7 Å². The first-order chi connectivity index (χ1) is 8.06. The molecule has 17 heavy (non-hydrogen) atoms. The van der Waals surface area contributed by atoms with Crippen LogP contribution >= 0.6 is 0 Å². The highest BCUT2D eigenvalue weighted by Crippen LogP contribution is 2.45. The molecule has 0 aromatic heterocycles. The van der Waals surface area contributed by atoms with Crippen molar-refractivity contribution >= 4 is 5.91 Å². The molecule has 0 unspecified atom stereocenters. The van der Waals surface area contributed by atoms with Crippen molar-refractivity contribution in [1.29, 1.82) is 5.26 Å². The molecule has 0 aromatic carbocycles. The van der Waals surface area contributed by atoms with Crippen LogP contribution in [0.5, 0.6) is 0 Å². The highest BCUT2D eigenvalue weighted by Gasteiger charge is 2.49. The number of ether oxygens (including phenoxy) is 1. The van der Waals surface area contributed by atoms with E-state index in [1.807, 2.05) is 0 Å². The van der Waals surface area contributed by atoms with Crippen molar-refractivity contribution in [3.8, 4) is 6.07 Å². The molecule has 0 atom stereocenters. The van der Waals surface area contributed by atoms with Crippen molar-refractivity contribution in [2.45, 2.75) is 44.6 Å². The minimum atomic E-state index is -0.766. The van der Waals surface area contributed by atoms with Crippen LogP contribution in [-0.4, -0.2) is 25.2 Å². The molecule has 0 aliphatic heterocycles. The van der Waals surface area contributed by atoms with E-state index in [0.717, 1.165) is 19.3 Å². The summed E-state index contributed by atoms with van der Waals surface area (Å²) in [5.41, 5.74) is -0.931. The van der Waals surface area contributed by atoms with E-state index in [1.165, 1.54) is 0 Å². The van der Waals surface area contributed by atoms with E-state index in [0.29, 0.717) is 25.3 Å². The normalized spacial score (nSPS) is 34.1. The number of nitrogens with one attached hydrogen (secondary N) is 1. The lowest BCUT2D eigenvalue weighted by molar-refractivity contribution is -0.137. The summed E-state index contributed by atoms with van der Waals surface area (Å²) in [6.45, 7) is 2.62. The van der Waals surface area contributed by atoms with Crippen LogP contribution in [0.3, 0.4) is 0 Å². The number of carbonyl (C=O) groups is 1. The Morgan fingerprint density at radius 3 is 2.53 bits per heavy atom. The van der Waals surface area contributed by atoms with Gasteiger partial charge in [0.15, 0.2) is 0 Å². The zero-order chi connectivity index (χ0) is 12.5. The van der Waals surface area contributed by atoms with E-state index in [1.54, 1.807) is 7.11 Å². The van der Waals surface area contributed by atoms with Gasteiger partial charge in [-0.25, -0.2) is 0 Å². The number of hydrogen-bond acceptors (Lipinski definition) is 3. The van der Waals surface area contributed by atoms with Gasteiger partial charge in [-0.1, -0.05) is 6.92 Å². The van der Waals surface area contributed by atoms with Crippen LogP contribution in [0.15, 0.2) is 0 Å². The Morgan fingerprint density at radius 2 is 2.18 bits per heavy atom. The Labute approximate surface area is 102 Å². The largest absolute Gasteiger partial charge is 0.376 e. The van der Waals surface area contributed by atoms with Crippen molar-refractivity contribution in [3.63, 3.8) is 0 Å². The first-order valence-electron chi connectivity index (χ1n) is 6.31. The average Bonchev–Trinajstić information content (AvgIpc) is 2.23. The van der Waals surface area contributed by atoms with Crippen molar-refractivity contribution < 1.29 is 9.53 Å². The zero-order valence-corrected chi connectivity index (χ0v) is 10.6. The van der Waals surface area contributed by atoms with Gasteiger partial charge in [0.25, 0.3) is 0 Å². The highest BCUT2D eigenvalue weighted by atomic mass is 16.5. The van der Waals surface area contributed by atoms with E-state index in [2.05, 4.69) is 18.3 Å². The minimum absolute atomic E-state index is 0.110. The van der Waals surface area contributed by atoms with Gasteiger partial charge in [0.1, 0.15) is 5.41 Å². The van der Waals surface area contributed by atoms with Crippen LogP contribution in [0.1, 0.15) is 39.0 Å². The monoisotopic (exact) mass is 236 g/mol. The fourth-order valence-electron chi connectivity index (χ4n) is 2.89. The van der Waals surface area contributed by atoms with Gasteiger partial charge < -0.3 is 10.1 Å². The maximum absolute atomic E-state index is 12.0. The molecule has 4 nitrogen and oxygen atoms in total. The van der Waals surface area contributed by atoms with Crippen LogP contribution in [0.25, 0.3) is 0 Å². The van der Waals surface area contributed by atoms with E-state index >= 15 is 0 Å². The SMILES string of the molecule is COC1(CNC(=O)C2(C#N)CC(C)C2)CCC1. The molecule has 94 valence electrons. The molecule has 2 aliphatic carbocycles. The standard InChI is InChI=1S/C13H20N2O2/c1-10-6-12(7-10,8-14)11(16)15-9-13(17-2)4-3-5-13/h10H,3-7,9H2,1-2H3,(H,15,16). The summed E-state index contributed by atoms with van der Waals surface area (Å²) in [5, 5.41) is 12.0. The quantitative estimate of drug-likeness (QED) is 0.806. The number of methoxy groups -OCH3 is 1. The summed E-state index contributed by atoms with van der Waals surface area (Å²) >= 11 is 0. The smallest absolute Gasteiger partial charge is 0.240 e.